The molecule has 1 aromatic rings. The molecule has 4 nitrogen and oxygen atoms in total. The lowest BCUT2D eigenvalue weighted by Gasteiger charge is -2.34. The van der Waals surface area contributed by atoms with E-state index in [1.54, 1.807) is 0 Å². The first kappa shape index (κ1) is 13.6. The molecule has 2 heterocycles. The number of fused-ring (bicyclic) bond motifs is 1. The van der Waals surface area contributed by atoms with Gasteiger partial charge in [0.2, 0.25) is 5.91 Å². The van der Waals surface area contributed by atoms with Crippen LogP contribution in [-0.2, 0) is 4.79 Å². The highest BCUT2D eigenvalue weighted by atomic mass is 16.1. The molecule has 20 heavy (non-hydrogen) atoms. The minimum Gasteiger partial charge on any atom is -0.326 e. The maximum atomic E-state index is 11.9. The number of carbonyl (C=O) groups is 1. The summed E-state index contributed by atoms with van der Waals surface area (Å²) in [6.07, 6.45) is 3.10. The number of benzene rings is 1. The summed E-state index contributed by atoms with van der Waals surface area (Å²) in [5, 5.41) is 6.52. The van der Waals surface area contributed by atoms with Gasteiger partial charge in [0.1, 0.15) is 0 Å². The Labute approximate surface area is 120 Å². The van der Waals surface area contributed by atoms with Gasteiger partial charge in [-0.05, 0) is 44.0 Å². The zero-order valence-corrected chi connectivity index (χ0v) is 11.8. The van der Waals surface area contributed by atoms with E-state index in [1.807, 2.05) is 30.3 Å². The number of anilines is 1. The number of amides is 1. The molecule has 0 radical (unpaired) electrons. The molecular formula is C16H23N3O. The number of piperidine rings is 1. The van der Waals surface area contributed by atoms with Gasteiger partial charge < -0.3 is 15.5 Å². The number of likely N-dealkylation sites (tertiary alicyclic amines) is 1. The summed E-state index contributed by atoms with van der Waals surface area (Å²) in [4.78, 5) is 14.4. The number of rotatable bonds is 4. The third-order valence-electron chi connectivity index (χ3n) is 4.45. The van der Waals surface area contributed by atoms with Crippen molar-refractivity contribution >= 4 is 11.6 Å². The Kier molecular flexibility index (Phi) is 4.33. The third kappa shape index (κ3) is 3.38. The minimum absolute atomic E-state index is 0.114. The van der Waals surface area contributed by atoms with E-state index in [0.29, 0.717) is 6.42 Å². The van der Waals surface area contributed by atoms with E-state index in [4.69, 9.17) is 0 Å². The van der Waals surface area contributed by atoms with Crippen LogP contribution in [-0.4, -0.2) is 43.0 Å². The summed E-state index contributed by atoms with van der Waals surface area (Å²) in [6, 6.07) is 10.4. The van der Waals surface area contributed by atoms with Gasteiger partial charge in [0.25, 0.3) is 0 Å². The summed E-state index contributed by atoms with van der Waals surface area (Å²) < 4.78 is 0. The summed E-state index contributed by atoms with van der Waals surface area (Å²) in [6.45, 7) is 4.31. The molecule has 0 aromatic heterocycles. The van der Waals surface area contributed by atoms with Gasteiger partial charge in [-0.3, -0.25) is 4.79 Å². The zero-order chi connectivity index (χ0) is 13.8. The highest BCUT2D eigenvalue weighted by Gasteiger charge is 2.32. The van der Waals surface area contributed by atoms with E-state index in [0.717, 1.165) is 43.8 Å². The summed E-state index contributed by atoms with van der Waals surface area (Å²) >= 11 is 0. The van der Waals surface area contributed by atoms with Crippen LogP contribution >= 0.6 is 0 Å². The molecule has 1 aromatic carbocycles. The van der Waals surface area contributed by atoms with Gasteiger partial charge in [0.05, 0.1) is 0 Å². The molecule has 2 N–H and O–H groups in total. The Bertz CT molecular complexity index is 448. The molecular weight excluding hydrogens is 250 g/mol. The fraction of sp³-hybridized carbons (Fsp3) is 0.562. The Hall–Kier alpha value is -1.39. The topological polar surface area (TPSA) is 44.4 Å². The van der Waals surface area contributed by atoms with Gasteiger partial charge >= 0.3 is 0 Å². The van der Waals surface area contributed by atoms with E-state index in [-0.39, 0.29) is 5.91 Å². The quantitative estimate of drug-likeness (QED) is 0.877. The molecule has 0 aliphatic carbocycles. The lowest BCUT2D eigenvalue weighted by atomic mass is 9.93. The molecule has 2 saturated heterocycles. The van der Waals surface area contributed by atoms with Crippen LogP contribution in [0.25, 0.3) is 0 Å². The van der Waals surface area contributed by atoms with Crippen LogP contribution in [0.2, 0.25) is 0 Å². The third-order valence-corrected chi connectivity index (χ3v) is 4.45. The Morgan fingerprint density at radius 2 is 2.15 bits per heavy atom. The zero-order valence-electron chi connectivity index (χ0n) is 11.8. The molecule has 1 amide bonds. The molecule has 108 valence electrons. The average Bonchev–Trinajstić information content (AvgIpc) is 2.93. The van der Waals surface area contributed by atoms with E-state index >= 15 is 0 Å². The molecule has 4 heteroatoms. The van der Waals surface area contributed by atoms with Gasteiger partial charge in [-0.1, -0.05) is 18.2 Å². The van der Waals surface area contributed by atoms with Crippen molar-refractivity contribution < 1.29 is 4.79 Å². The first-order chi connectivity index (χ1) is 9.81. The van der Waals surface area contributed by atoms with Crippen molar-refractivity contribution in [3.8, 4) is 0 Å². The van der Waals surface area contributed by atoms with Crippen LogP contribution in [0, 0.1) is 5.92 Å². The van der Waals surface area contributed by atoms with Gasteiger partial charge in [-0.15, -0.1) is 0 Å². The Morgan fingerprint density at radius 3 is 3.00 bits per heavy atom. The second-order valence-electron chi connectivity index (χ2n) is 5.86. The fourth-order valence-electron chi connectivity index (χ4n) is 3.33. The van der Waals surface area contributed by atoms with E-state index < -0.39 is 0 Å². The van der Waals surface area contributed by atoms with Crippen LogP contribution in [0.1, 0.15) is 19.3 Å². The number of para-hydroxylation sites is 1. The molecule has 3 rings (SSSR count). The van der Waals surface area contributed by atoms with Crippen molar-refractivity contribution in [2.75, 3.05) is 31.5 Å². The van der Waals surface area contributed by atoms with Crippen LogP contribution in [0.3, 0.4) is 0 Å². The van der Waals surface area contributed by atoms with Gasteiger partial charge in [0.15, 0.2) is 0 Å². The maximum absolute atomic E-state index is 11.9. The highest BCUT2D eigenvalue weighted by Crippen LogP contribution is 2.24. The van der Waals surface area contributed by atoms with Crippen molar-refractivity contribution in [3.63, 3.8) is 0 Å². The van der Waals surface area contributed by atoms with E-state index in [1.165, 1.54) is 12.8 Å². The van der Waals surface area contributed by atoms with Crippen molar-refractivity contribution in [2.24, 2.45) is 5.92 Å². The van der Waals surface area contributed by atoms with Crippen LogP contribution in [0.4, 0.5) is 5.69 Å². The number of hydrogen-bond acceptors (Lipinski definition) is 3. The SMILES string of the molecule is O=C(CCN1CCC2NCCC2C1)Nc1ccccc1. The number of nitrogens with zero attached hydrogens (tertiary/aromatic N) is 1. The van der Waals surface area contributed by atoms with Gasteiger partial charge in [-0.25, -0.2) is 0 Å². The summed E-state index contributed by atoms with van der Waals surface area (Å²) in [7, 11) is 0. The standard InChI is InChI=1S/C16H23N3O/c20-16(18-14-4-2-1-3-5-14)8-11-19-10-7-15-13(12-19)6-9-17-15/h1-5,13,15,17H,6-12H2,(H,18,20). The predicted octanol–water partition coefficient (Wildman–Crippen LogP) is 1.70. The maximum Gasteiger partial charge on any atom is 0.225 e. The molecule has 2 aliphatic heterocycles. The Morgan fingerprint density at radius 1 is 1.30 bits per heavy atom. The molecule has 2 aliphatic rings. The van der Waals surface area contributed by atoms with Gasteiger partial charge in [0, 0.05) is 31.2 Å². The van der Waals surface area contributed by atoms with Crippen molar-refractivity contribution in [3.05, 3.63) is 30.3 Å². The van der Waals surface area contributed by atoms with Crippen LogP contribution in [0.5, 0.6) is 0 Å². The lowest BCUT2D eigenvalue weighted by Crippen LogP contribution is -2.45. The molecule has 0 bridgehead atoms. The highest BCUT2D eigenvalue weighted by molar-refractivity contribution is 5.90. The smallest absolute Gasteiger partial charge is 0.225 e. The largest absolute Gasteiger partial charge is 0.326 e. The number of nitrogens with one attached hydrogen (secondary N) is 2. The molecule has 2 fully saturated rings. The van der Waals surface area contributed by atoms with E-state index in [2.05, 4.69) is 15.5 Å². The molecule has 0 saturated carbocycles. The molecule has 0 spiro atoms. The normalized spacial score (nSPS) is 26.2. The fourth-order valence-corrected chi connectivity index (χ4v) is 3.33. The van der Waals surface area contributed by atoms with Crippen LogP contribution in [0.15, 0.2) is 30.3 Å². The molecule has 2 atom stereocenters. The summed E-state index contributed by atoms with van der Waals surface area (Å²) in [5.74, 6) is 0.906. The average molecular weight is 273 g/mol. The minimum atomic E-state index is 0.114. The first-order valence-corrected chi connectivity index (χ1v) is 7.62. The predicted molar refractivity (Wildman–Crippen MR) is 80.6 cm³/mol. The van der Waals surface area contributed by atoms with Crippen molar-refractivity contribution in [1.82, 2.24) is 10.2 Å². The monoisotopic (exact) mass is 273 g/mol. The second-order valence-corrected chi connectivity index (χ2v) is 5.86. The summed E-state index contributed by atoms with van der Waals surface area (Å²) in [5.41, 5.74) is 0.885. The number of carbonyl (C=O) groups excluding carboxylic acids is 1. The lowest BCUT2D eigenvalue weighted by molar-refractivity contribution is -0.116. The van der Waals surface area contributed by atoms with E-state index in [9.17, 15) is 4.79 Å². The van der Waals surface area contributed by atoms with Crippen molar-refractivity contribution in [2.45, 2.75) is 25.3 Å². The van der Waals surface area contributed by atoms with Crippen LogP contribution < -0.4 is 10.6 Å². The molecule has 2 unspecified atom stereocenters. The second kappa shape index (κ2) is 6.37. The Balaban J connectivity index is 1.42. The van der Waals surface area contributed by atoms with Crippen molar-refractivity contribution in [1.29, 1.82) is 0 Å². The first-order valence-electron chi connectivity index (χ1n) is 7.62. The van der Waals surface area contributed by atoms with Gasteiger partial charge in [-0.2, -0.15) is 0 Å². The number of hydrogen-bond donors (Lipinski definition) is 2.